The monoisotopic (exact) mass is 338 g/mol. The molecule has 25 heavy (non-hydrogen) atoms. The molecule has 2 aromatic rings. The Bertz CT molecular complexity index is 722. The van der Waals surface area contributed by atoms with Crippen LogP contribution in [0.5, 0.6) is 5.75 Å². The summed E-state index contributed by atoms with van der Waals surface area (Å²) in [6.45, 7) is 9.12. The van der Waals surface area contributed by atoms with Crippen LogP contribution in [0.3, 0.4) is 0 Å². The number of ether oxygens (including phenoxy) is 1. The fraction of sp³-hybridized carbons (Fsp3) is 0.381. The van der Waals surface area contributed by atoms with Crippen molar-refractivity contribution in [2.24, 2.45) is 0 Å². The zero-order valence-electron chi connectivity index (χ0n) is 15.2. The molecule has 1 saturated heterocycles. The number of anilines is 1. The number of benzene rings is 2. The van der Waals surface area contributed by atoms with Crippen LogP contribution in [0.15, 0.2) is 48.5 Å². The number of carbonyl (C=O) groups excluding carboxylic acids is 1. The third kappa shape index (κ3) is 4.13. The van der Waals surface area contributed by atoms with Gasteiger partial charge >= 0.3 is 0 Å². The quantitative estimate of drug-likeness (QED) is 0.856. The molecule has 132 valence electrons. The highest BCUT2D eigenvalue weighted by Crippen LogP contribution is 2.19. The molecule has 0 spiro atoms. The predicted octanol–water partition coefficient (Wildman–Crippen LogP) is 3.42. The first kappa shape index (κ1) is 17.3. The Morgan fingerprint density at radius 3 is 2.28 bits per heavy atom. The van der Waals surface area contributed by atoms with Gasteiger partial charge in [0.1, 0.15) is 5.75 Å². The van der Waals surface area contributed by atoms with Gasteiger partial charge in [-0.2, -0.15) is 0 Å². The lowest BCUT2D eigenvalue weighted by molar-refractivity contribution is -0.138. The van der Waals surface area contributed by atoms with E-state index in [0.29, 0.717) is 0 Å². The van der Waals surface area contributed by atoms with Gasteiger partial charge in [0.25, 0.3) is 5.91 Å². The van der Waals surface area contributed by atoms with E-state index in [0.717, 1.165) is 31.9 Å². The van der Waals surface area contributed by atoms with Gasteiger partial charge < -0.3 is 14.5 Å². The van der Waals surface area contributed by atoms with Crippen LogP contribution in [0, 0.1) is 13.8 Å². The maximum absolute atomic E-state index is 12.7. The fourth-order valence-corrected chi connectivity index (χ4v) is 3.12. The second-order valence-electron chi connectivity index (χ2n) is 6.65. The van der Waals surface area contributed by atoms with Crippen molar-refractivity contribution in [3.05, 3.63) is 59.7 Å². The second-order valence-corrected chi connectivity index (χ2v) is 6.65. The van der Waals surface area contributed by atoms with Crippen LogP contribution in [0.4, 0.5) is 5.69 Å². The molecular weight excluding hydrogens is 312 g/mol. The molecule has 0 bridgehead atoms. The fourth-order valence-electron chi connectivity index (χ4n) is 3.12. The van der Waals surface area contributed by atoms with Crippen LogP contribution in [-0.4, -0.2) is 43.1 Å². The van der Waals surface area contributed by atoms with Crippen LogP contribution in [0.2, 0.25) is 0 Å². The van der Waals surface area contributed by atoms with Crippen molar-refractivity contribution in [3.8, 4) is 5.75 Å². The average molecular weight is 338 g/mol. The minimum Gasteiger partial charge on any atom is -0.481 e. The Labute approximate surface area is 150 Å². The molecule has 0 N–H and O–H groups in total. The van der Waals surface area contributed by atoms with Crippen molar-refractivity contribution < 1.29 is 9.53 Å². The average Bonchev–Trinajstić information content (AvgIpc) is 2.65. The third-order valence-corrected chi connectivity index (χ3v) is 4.85. The molecule has 0 radical (unpaired) electrons. The Balaban J connectivity index is 1.55. The lowest BCUT2D eigenvalue weighted by Gasteiger charge is -2.37. The van der Waals surface area contributed by atoms with E-state index < -0.39 is 6.10 Å². The number of nitrogens with zero attached hydrogens (tertiary/aromatic N) is 2. The van der Waals surface area contributed by atoms with Crippen LogP contribution < -0.4 is 9.64 Å². The molecule has 4 nitrogen and oxygen atoms in total. The van der Waals surface area contributed by atoms with Crippen LogP contribution in [-0.2, 0) is 4.79 Å². The van der Waals surface area contributed by atoms with Gasteiger partial charge in [0, 0.05) is 31.9 Å². The molecule has 3 rings (SSSR count). The molecule has 1 fully saturated rings. The number of carbonyl (C=O) groups is 1. The Morgan fingerprint density at radius 2 is 1.64 bits per heavy atom. The molecule has 0 unspecified atom stereocenters. The van der Waals surface area contributed by atoms with Crippen LogP contribution in [0.25, 0.3) is 0 Å². The zero-order chi connectivity index (χ0) is 17.8. The minimum absolute atomic E-state index is 0.0611. The molecule has 0 saturated carbocycles. The van der Waals surface area contributed by atoms with Crippen molar-refractivity contribution in [2.75, 3.05) is 31.1 Å². The lowest BCUT2D eigenvalue weighted by atomic mass is 10.1. The van der Waals surface area contributed by atoms with Crippen molar-refractivity contribution in [3.63, 3.8) is 0 Å². The smallest absolute Gasteiger partial charge is 0.263 e. The SMILES string of the molecule is Cc1ccc(O[C@@H](C)C(=O)N2CCN(c3ccccc3)CC2)cc1C. The summed E-state index contributed by atoms with van der Waals surface area (Å²) in [6.07, 6.45) is -0.467. The van der Waals surface area contributed by atoms with Crippen LogP contribution in [0.1, 0.15) is 18.1 Å². The third-order valence-electron chi connectivity index (χ3n) is 4.85. The molecule has 4 heteroatoms. The normalized spacial score (nSPS) is 15.8. The van der Waals surface area contributed by atoms with Gasteiger partial charge in [-0.1, -0.05) is 24.3 Å². The van der Waals surface area contributed by atoms with E-state index in [4.69, 9.17) is 4.74 Å². The molecule has 2 aromatic carbocycles. The van der Waals surface area contributed by atoms with Gasteiger partial charge in [-0.3, -0.25) is 4.79 Å². The maximum atomic E-state index is 12.7. The first-order valence-corrected chi connectivity index (χ1v) is 8.87. The predicted molar refractivity (Wildman–Crippen MR) is 101 cm³/mol. The van der Waals surface area contributed by atoms with E-state index in [1.807, 2.05) is 48.2 Å². The summed E-state index contributed by atoms with van der Waals surface area (Å²) in [5.41, 5.74) is 3.62. The van der Waals surface area contributed by atoms with E-state index in [-0.39, 0.29) is 5.91 Å². The van der Waals surface area contributed by atoms with E-state index in [1.54, 1.807) is 0 Å². The van der Waals surface area contributed by atoms with E-state index >= 15 is 0 Å². The van der Waals surface area contributed by atoms with E-state index in [2.05, 4.69) is 30.9 Å². The lowest BCUT2D eigenvalue weighted by Crippen LogP contribution is -2.52. The standard InChI is InChI=1S/C21H26N2O2/c1-16-9-10-20(15-17(16)2)25-18(3)21(24)23-13-11-22(12-14-23)19-7-5-4-6-8-19/h4-10,15,18H,11-14H2,1-3H3/t18-/m0/s1. The van der Waals surface area contributed by atoms with Gasteiger partial charge in [-0.05, 0) is 56.2 Å². The number of aryl methyl sites for hydroxylation is 2. The maximum Gasteiger partial charge on any atom is 0.263 e. The Kier molecular flexibility index (Phi) is 5.27. The van der Waals surface area contributed by atoms with Crippen molar-refractivity contribution >= 4 is 11.6 Å². The number of para-hydroxylation sites is 1. The molecule has 1 aliphatic rings. The molecule has 1 heterocycles. The molecular formula is C21H26N2O2. The van der Waals surface area contributed by atoms with Gasteiger partial charge in [0.15, 0.2) is 6.10 Å². The first-order valence-electron chi connectivity index (χ1n) is 8.87. The Hall–Kier alpha value is -2.49. The summed E-state index contributed by atoms with van der Waals surface area (Å²) in [5.74, 6) is 0.817. The second kappa shape index (κ2) is 7.60. The molecule has 1 aliphatic heterocycles. The first-order chi connectivity index (χ1) is 12.0. The van der Waals surface area contributed by atoms with E-state index in [9.17, 15) is 4.79 Å². The molecule has 0 aliphatic carbocycles. The Morgan fingerprint density at radius 1 is 0.960 bits per heavy atom. The number of amides is 1. The highest BCUT2D eigenvalue weighted by atomic mass is 16.5. The highest BCUT2D eigenvalue weighted by molar-refractivity contribution is 5.81. The van der Waals surface area contributed by atoms with Crippen molar-refractivity contribution in [1.29, 1.82) is 0 Å². The van der Waals surface area contributed by atoms with Crippen molar-refractivity contribution in [2.45, 2.75) is 26.9 Å². The number of rotatable bonds is 4. The summed E-state index contributed by atoms with van der Waals surface area (Å²) in [7, 11) is 0. The summed E-state index contributed by atoms with van der Waals surface area (Å²) in [6, 6.07) is 16.3. The van der Waals surface area contributed by atoms with E-state index in [1.165, 1.54) is 16.8 Å². The van der Waals surface area contributed by atoms with Gasteiger partial charge in [0.2, 0.25) is 0 Å². The molecule has 0 aromatic heterocycles. The highest BCUT2D eigenvalue weighted by Gasteiger charge is 2.26. The minimum atomic E-state index is -0.467. The van der Waals surface area contributed by atoms with Gasteiger partial charge in [-0.25, -0.2) is 0 Å². The number of hydrogen-bond acceptors (Lipinski definition) is 3. The number of piperazine rings is 1. The van der Waals surface area contributed by atoms with Crippen molar-refractivity contribution in [1.82, 2.24) is 4.90 Å². The summed E-state index contributed by atoms with van der Waals surface area (Å²) in [4.78, 5) is 16.9. The topological polar surface area (TPSA) is 32.8 Å². The molecule has 1 amide bonds. The summed E-state index contributed by atoms with van der Waals surface area (Å²) < 4.78 is 5.87. The van der Waals surface area contributed by atoms with Crippen LogP contribution >= 0.6 is 0 Å². The molecule has 1 atom stereocenters. The summed E-state index contributed by atoms with van der Waals surface area (Å²) >= 11 is 0. The van der Waals surface area contributed by atoms with Gasteiger partial charge in [0.05, 0.1) is 0 Å². The zero-order valence-corrected chi connectivity index (χ0v) is 15.2. The van der Waals surface area contributed by atoms with Gasteiger partial charge in [-0.15, -0.1) is 0 Å². The summed E-state index contributed by atoms with van der Waals surface area (Å²) in [5, 5.41) is 0. The largest absolute Gasteiger partial charge is 0.481 e. The number of hydrogen-bond donors (Lipinski definition) is 0.